The van der Waals surface area contributed by atoms with Crippen LogP contribution in [0.2, 0.25) is 5.02 Å². The van der Waals surface area contributed by atoms with E-state index in [9.17, 15) is 0 Å². The Kier molecular flexibility index (Phi) is 4.38. The van der Waals surface area contributed by atoms with Gasteiger partial charge in [0, 0.05) is 26.7 Å². The molecule has 0 radical (unpaired) electrons. The van der Waals surface area contributed by atoms with Crippen LogP contribution in [0.3, 0.4) is 0 Å². The number of benzene rings is 2. The molecule has 0 aliphatic heterocycles. The minimum Gasteiger partial charge on any atom is -0.359 e. The summed E-state index contributed by atoms with van der Waals surface area (Å²) in [6, 6.07) is 17.3. The first-order chi connectivity index (χ1) is 12.2. The van der Waals surface area contributed by atoms with Crippen molar-refractivity contribution in [1.82, 2.24) is 20.2 Å². The zero-order valence-corrected chi connectivity index (χ0v) is 15.3. The molecule has 0 saturated carbocycles. The Bertz CT molecular complexity index is 911. The first-order valence-corrected chi connectivity index (χ1v) is 8.72. The van der Waals surface area contributed by atoms with Crippen LogP contribution in [0.15, 0.2) is 69.8 Å². The van der Waals surface area contributed by atoms with Gasteiger partial charge in [0.2, 0.25) is 0 Å². The van der Waals surface area contributed by atoms with Gasteiger partial charge >= 0.3 is 0 Å². The maximum atomic E-state index is 5.91. The molecule has 4 aromatic rings. The summed E-state index contributed by atoms with van der Waals surface area (Å²) in [6.07, 6.45) is 1.88. The van der Waals surface area contributed by atoms with Crippen LogP contribution in [0.5, 0.6) is 0 Å². The van der Waals surface area contributed by atoms with Crippen LogP contribution in [0.1, 0.15) is 5.76 Å². The summed E-state index contributed by atoms with van der Waals surface area (Å²) >= 11 is 9.33. The number of rotatable bonds is 4. The fourth-order valence-electron chi connectivity index (χ4n) is 2.43. The number of hydrogen-bond donors (Lipinski definition) is 0. The summed E-state index contributed by atoms with van der Waals surface area (Å²) in [5, 5.41) is 13.2. The van der Waals surface area contributed by atoms with Gasteiger partial charge in [0.25, 0.3) is 0 Å². The average Bonchev–Trinajstić information content (AvgIpc) is 3.27. The largest absolute Gasteiger partial charge is 0.359 e. The van der Waals surface area contributed by atoms with Crippen molar-refractivity contribution >= 4 is 27.5 Å². The average molecular weight is 416 g/mol. The molecule has 2 aromatic heterocycles. The van der Waals surface area contributed by atoms with Crippen LogP contribution in [0.4, 0.5) is 0 Å². The smallest absolute Gasteiger partial charge is 0.158 e. The summed E-state index contributed by atoms with van der Waals surface area (Å²) < 4.78 is 8.16. The molecule has 0 aliphatic carbocycles. The second kappa shape index (κ2) is 6.82. The van der Waals surface area contributed by atoms with E-state index in [1.54, 1.807) is 4.68 Å². The van der Waals surface area contributed by atoms with Crippen molar-refractivity contribution in [3.63, 3.8) is 0 Å². The summed E-state index contributed by atoms with van der Waals surface area (Å²) in [4.78, 5) is 0. The molecule has 7 heteroatoms. The molecule has 0 atom stereocenters. The molecular formula is C18H12BrClN4O. The number of aromatic nitrogens is 4. The topological polar surface area (TPSA) is 56.7 Å². The van der Waals surface area contributed by atoms with E-state index in [0.717, 1.165) is 27.0 Å². The molecule has 0 amide bonds. The van der Waals surface area contributed by atoms with Crippen LogP contribution >= 0.6 is 27.5 Å². The van der Waals surface area contributed by atoms with Crippen LogP contribution < -0.4 is 0 Å². The highest BCUT2D eigenvalue weighted by molar-refractivity contribution is 9.10. The SMILES string of the molecule is Clc1ccc(-c2cc(Cn3cc(-c4ccc(Br)cc4)nn3)on2)cc1. The molecule has 0 bridgehead atoms. The van der Waals surface area contributed by atoms with E-state index in [4.69, 9.17) is 16.1 Å². The monoisotopic (exact) mass is 414 g/mol. The molecule has 2 aromatic carbocycles. The van der Waals surface area contributed by atoms with Crippen molar-refractivity contribution in [2.75, 3.05) is 0 Å². The third-order valence-electron chi connectivity index (χ3n) is 3.70. The molecule has 5 nitrogen and oxygen atoms in total. The molecule has 0 saturated heterocycles. The van der Waals surface area contributed by atoms with Gasteiger partial charge < -0.3 is 4.52 Å². The van der Waals surface area contributed by atoms with Crippen molar-refractivity contribution in [3.05, 3.63) is 76.0 Å². The Morgan fingerprint density at radius 1 is 0.960 bits per heavy atom. The fraction of sp³-hybridized carbons (Fsp3) is 0.0556. The minimum atomic E-state index is 0.462. The second-order valence-electron chi connectivity index (χ2n) is 5.49. The van der Waals surface area contributed by atoms with E-state index in [2.05, 4.69) is 31.4 Å². The summed E-state index contributed by atoms with van der Waals surface area (Å²) in [5.41, 5.74) is 3.53. The van der Waals surface area contributed by atoms with Gasteiger partial charge in [-0.1, -0.05) is 62.2 Å². The Balaban J connectivity index is 1.51. The van der Waals surface area contributed by atoms with E-state index >= 15 is 0 Å². The lowest BCUT2D eigenvalue weighted by Crippen LogP contribution is -1.98. The van der Waals surface area contributed by atoms with Gasteiger partial charge in [-0.25, -0.2) is 4.68 Å². The lowest BCUT2D eigenvalue weighted by molar-refractivity contribution is 0.372. The highest BCUT2D eigenvalue weighted by Gasteiger charge is 2.09. The Morgan fingerprint density at radius 3 is 2.40 bits per heavy atom. The molecule has 0 N–H and O–H groups in total. The van der Waals surface area contributed by atoms with Crippen molar-refractivity contribution in [1.29, 1.82) is 0 Å². The number of nitrogens with zero attached hydrogens (tertiary/aromatic N) is 4. The number of halogens is 2. The third-order valence-corrected chi connectivity index (χ3v) is 4.48. The first-order valence-electron chi connectivity index (χ1n) is 7.55. The van der Waals surface area contributed by atoms with Crippen molar-refractivity contribution < 1.29 is 4.52 Å². The van der Waals surface area contributed by atoms with Gasteiger partial charge in [-0.2, -0.15) is 0 Å². The van der Waals surface area contributed by atoms with Crippen molar-refractivity contribution in [2.24, 2.45) is 0 Å². The predicted molar refractivity (Wildman–Crippen MR) is 99.2 cm³/mol. The van der Waals surface area contributed by atoms with Gasteiger partial charge in [0.15, 0.2) is 5.76 Å². The van der Waals surface area contributed by atoms with Gasteiger partial charge in [0.1, 0.15) is 17.9 Å². The highest BCUT2D eigenvalue weighted by atomic mass is 79.9. The van der Waals surface area contributed by atoms with E-state index in [1.165, 1.54) is 0 Å². The van der Waals surface area contributed by atoms with Crippen molar-refractivity contribution in [3.8, 4) is 22.5 Å². The standard InChI is InChI=1S/C18H12BrClN4O/c19-14-5-1-13(2-6-14)18-11-24(23-21-18)10-16-9-17(22-25-16)12-3-7-15(20)8-4-12/h1-9,11H,10H2. The molecular weight excluding hydrogens is 404 g/mol. The van der Waals surface area contributed by atoms with E-state index in [1.807, 2.05) is 60.8 Å². The Morgan fingerprint density at radius 2 is 1.64 bits per heavy atom. The van der Waals surface area contributed by atoms with Gasteiger partial charge in [-0.05, 0) is 24.3 Å². The van der Waals surface area contributed by atoms with E-state index < -0.39 is 0 Å². The quantitative estimate of drug-likeness (QED) is 0.467. The molecule has 0 spiro atoms. The van der Waals surface area contributed by atoms with E-state index in [-0.39, 0.29) is 0 Å². The van der Waals surface area contributed by atoms with Crippen LogP contribution in [-0.2, 0) is 6.54 Å². The predicted octanol–water partition coefficient (Wildman–Crippen LogP) is 5.06. The molecule has 2 heterocycles. The Labute approximate surface area is 157 Å². The Hall–Kier alpha value is -2.44. The maximum Gasteiger partial charge on any atom is 0.158 e. The fourth-order valence-corrected chi connectivity index (χ4v) is 2.82. The maximum absolute atomic E-state index is 5.91. The molecule has 124 valence electrons. The van der Waals surface area contributed by atoms with Crippen LogP contribution in [-0.4, -0.2) is 20.2 Å². The molecule has 0 fully saturated rings. The lowest BCUT2D eigenvalue weighted by atomic mass is 10.1. The molecule has 0 aliphatic rings. The van der Waals surface area contributed by atoms with Gasteiger partial charge in [-0.3, -0.25) is 0 Å². The zero-order chi connectivity index (χ0) is 17.2. The molecule has 25 heavy (non-hydrogen) atoms. The van der Waals surface area contributed by atoms with Crippen LogP contribution in [0.25, 0.3) is 22.5 Å². The highest BCUT2D eigenvalue weighted by Crippen LogP contribution is 2.22. The third kappa shape index (κ3) is 3.65. The molecule has 4 rings (SSSR count). The van der Waals surface area contributed by atoms with Gasteiger partial charge in [0.05, 0.1) is 6.20 Å². The van der Waals surface area contributed by atoms with E-state index in [0.29, 0.717) is 17.3 Å². The minimum absolute atomic E-state index is 0.462. The summed E-state index contributed by atoms with van der Waals surface area (Å²) in [5.74, 6) is 0.706. The summed E-state index contributed by atoms with van der Waals surface area (Å²) in [6.45, 7) is 0.462. The number of hydrogen-bond acceptors (Lipinski definition) is 4. The second-order valence-corrected chi connectivity index (χ2v) is 6.85. The normalized spacial score (nSPS) is 11.0. The van der Waals surface area contributed by atoms with Crippen molar-refractivity contribution in [2.45, 2.75) is 6.54 Å². The molecule has 0 unspecified atom stereocenters. The zero-order valence-electron chi connectivity index (χ0n) is 12.9. The van der Waals surface area contributed by atoms with Crippen LogP contribution in [0, 0.1) is 0 Å². The van der Waals surface area contributed by atoms with Gasteiger partial charge in [-0.15, -0.1) is 5.10 Å². The lowest BCUT2D eigenvalue weighted by Gasteiger charge is -1.96. The first kappa shape index (κ1) is 16.1. The summed E-state index contributed by atoms with van der Waals surface area (Å²) in [7, 11) is 0.